The summed E-state index contributed by atoms with van der Waals surface area (Å²) in [7, 11) is 3.38. The first-order valence-corrected chi connectivity index (χ1v) is 14.6. The molecular weight excluding hydrogens is 453 g/mol. The average Bonchev–Trinajstić information content (AvgIpc) is 2.78. The van der Waals surface area contributed by atoms with Crippen molar-refractivity contribution in [1.29, 1.82) is 0 Å². The summed E-state index contributed by atoms with van der Waals surface area (Å²) in [5, 5.41) is 9.82. The molecule has 0 fully saturated rings. The molecule has 34 heavy (non-hydrogen) atoms. The van der Waals surface area contributed by atoms with Crippen LogP contribution in [0.25, 0.3) is 0 Å². The normalized spacial score (nSPS) is 13.9. The van der Waals surface area contributed by atoms with E-state index in [9.17, 15) is 14.5 Å². The maximum absolute atomic E-state index is 11.8. The summed E-state index contributed by atoms with van der Waals surface area (Å²) in [6, 6.07) is 0. The van der Waals surface area contributed by atoms with Crippen LogP contribution in [0.4, 0.5) is 0 Å². The van der Waals surface area contributed by atoms with Gasteiger partial charge in [-0.2, -0.15) is 0 Å². The SMILES string of the molecule is CCCCCCCC/C=C\CCCCCCCC(=O)OC[C@@H](O)CO[PH](=O)OCC[N+](C)(C)C. The van der Waals surface area contributed by atoms with Gasteiger partial charge in [-0.15, -0.1) is 0 Å². The molecule has 0 radical (unpaired) electrons. The van der Waals surface area contributed by atoms with Gasteiger partial charge in [-0.1, -0.05) is 70.4 Å². The van der Waals surface area contributed by atoms with E-state index in [-0.39, 0.29) is 19.2 Å². The Labute approximate surface area is 209 Å². The summed E-state index contributed by atoms with van der Waals surface area (Å²) < 4.78 is 27.5. The fraction of sp³-hybridized carbons (Fsp3) is 0.885. The second kappa shape index (κ2) is 22.7. The number of ether oxygens (including phenoxy) is 1. The summed E-state index contributed by atoms with van der Waals surface area (Å²) in [5.74, 6) is -0.316. The third-order valence-electron chi connectivity index (χ3n) is 5.46. The minimum atomic E-state index is -2.65. The van der Waals surface area contributed by atoms with Gasteiger partial charge in [0.05, 0.1) is 27.7 Å². The number of aliphatic hydroxyl groups excluding tert-OH is 1. The summed E-state index contributed by atoms with van der Waals surface area (Å²) in [6.45, 7) is 2.95. The van der Waals surface area contributed by atoms with Gasteiger partial charge >= 0.3 is 14.2 Å². The highest BCUT2D eigenvalue weighted by Crippen LogP contribution is 2.23. The smallest absolute Gasteiger partial charge is 0.319 e. The second-order valence-electron chi connectivity index (χ2n) is 10.1. The van der Waals surface area contributed by atoms with Gasteiger partial charge in [0, 0.05) is 6.42 Å². The third kappa shape index (κ3) is 25.9. The number of likely N-dealkylation sites (N-methyl/N-ethyl adjacent to an activating group) is 1. The highest BCUT2D eigenvalue weighted by atomic mass is 31.1. The number of allylic oxidation sites excluding steroid dienone is 2. The zero-order valence-electron chi connectivity index (χ0n) is 22.4. The van der Waals surface area contributed by atoms with Crippen molar-refractivity contribution >= 4 is 14.2 Å². The van der Waals surface area contributed by atoms with Gasteiger partial charge < -0.3 is 23.4 Å². The molecule has 0 aliphatic carbocycles. The van der Waals surface area contributed by atoms with E-state index in [1.807, 2.05) is 21.1 Å². The fourth-order valence-corrected chi connectivity index (χ4v) is 3.93. The Kier molecular flexibility index (Phi) is 22.2. The zero-order chi connectivity index (χ0) is 25.5. The summed E-state index contributed by atoms with van der Waals surface area (Å²) in [6.07, 6.45) is 19.8. The van der Waals surface area contributed by atoms with E-state index >= 15 is 0 Å². The molecule has 0 aromatic heterocycles. The van der Waals surface area contributed by atoms with Gasteiger partial charge in [-0.25, -0.2) is 0 Å². The molecule has 8 heteroatoms. The number of aliphatic hydroxyl groups is 1. The van der Waals surface area contributed by atoms with Crippen molar-refractivity contribution in [3.8, 4) is 0 Å². The van der Waals surface area contributed by atoms with Crippen LogP contribution in [-0.4, -0.2) is 69.2 Å². The van der Waals surface area contributed by atoms with E-state index in [1.54, 1.807) is 0 Å². The topological polar surface area (TPSA) is 82.1 Å². The number of hydrogen-bond acceptors (Lipinski definition) is 6. The Bertz CT molecular complexity index is 536. The summed E-state index contributed by atoms with van der Waals surface area (Å²) >= 11 is 0. The van der Waals surface area contributed by atoms with Crippen LogP contribution in [0.15, 0.2) is 12.2 Å². The van der Waals surface area contributed by atoms with Gasteiger partial charge in [-0.3, -0.25) is 9.36 Å². The Morgan fingerprint density at radius 3 is 2.00 bits per heavy atom. The van der Waals surface area contributed by atoms with Crippen LogP contribution in [0.5, 0.6) is 0 Å². The van der Waals surface area contributed by atoms with Crippen molar-refractivity contribution in [2.75, 3.05) is 47.5 Å². The van der Waals surface area contributed by atoms with E-state index in [0.717, 1.165) is 25.7 Å². The lowest BCUT2D eigenvalue weighted by atomic mass is 10.1. The second-order valence-corrected chi connectivity index (χ2v) is 11.2. The largest absolute Gasteiger partial charge is 0.463 e. The minimum Gasteiger partial charge on any atom is -0.463 e. The molecule has 0 amide bonds. The van der Waals surface area contributed by atoms with E-state index in [0.29, 0.717) is 24.1 Å². The van der Waals surface area contributed by atoms with Crippen molar-refractivity contribution in [2.45, 2.75) is 103 Å². The lowest BCUT2D eigenvalue weighted by molar-refractivity contribution is -0.870. The number of carbonyl (C=O) groups excluding carboxylic acids is 1. The molecule has 1 N–H and O–H groups in total. The molecule has 0 saturated carbocycles. The van der Waals surface area contributed by atoms with Gasteiger partial charge in [0.1, 0.15) is 25.9 Å². The maximum Gasteiger partial charge on any atom is 0.319 e. The average molecular weight is 507 g/mol. The number of hydrogen-bond donors (Lipinski definition) is 1. The molecule has 1 unspecified atom stereocenters. The predicted molar refractivity (Wildman–Crippen MR) is 140 cm³/mol. The number of carbonyl (C=O) groups is 1. The minimum absolute atomic E-state index is 0.155. The molecule has 202 valence electrons. The van der Waals surface area contributed by atoms with Gasteiger partial charge in [0.25, 0.3) is 0 Å². The first-order valence-electron chi connectivity index (χ1n) is 13.3. The lowest BCUT2D eigenvalue weighted by Gasteiger charge is -2.23. The lowest BCUT2D eigenvalue weighted by Crippen LogP contribution is -2.37. The first kappa shape index (κ1) is 33.3. The van der Waals surface area contributed by atoms with Crippen molar-refractivity contribution in [1.82, 2.24) is 0 Å². The Morgan fingerprint density at radius 1 is 0.853 bits per heavy atom. The predicted octanol–water partition coefficient (Wildman–Crippen LogP) is 6.06. The molecule has 0 bridgehead atoms. The molecule has 0 heterocycles. The Balaban J connectivity index is 3.48. The molecule has 0 rings (SSSR count). The molecule has 0 spiro atoms. The van der Waals surface area contributed by atoms with Crippen molar-refractivity contribution in [3.05, 3.63) is 12.2 Å². The summed E-state index contributed by atoms with van der Waals surface area (Å²) in [4.78, 5) is 11.8. The van der Waals surface area contributed by atoms with Gasteiger partial charge in [0.2, 0.25) is 0 Å². The van der Waals surface area contributed by atoms with Crippen LogP contribution < -0.4 is 0 Å². The molecule has 0 aliphatic heterocycles. The van der Waals surface area contributed by atoms with E-state index < -0.39 is 14.4 Å². The third-order valence-corrected chi connectivity index (χ3v) is 6.30. The fourth-order valence-electron chi connectivity index (χ4n) is 3.26. The Morgan fingerprint density at radius 2 is 1.41 bits per heavy atom. The molecule has 7 nitrogen and oxygen atoms in total. The molecule has 0 aliphatic rings. The number of esters is 1. The molecule has 0 aromatic carbocycles. The highest BCUT2D eigenvalue weighted by Gasteiger charge is 2.12. The number of nitrogens with zero attached hydrogens (tertiary/aromatic N) is 1. The standard InChI is InChI=1S/C26H53NO6P/c1-5-6-7-8-9-10-11-12-13-14-15-16-17-18-19-20-26(29)31-23-25(28)24-33-34(30)32-22-21-27(2,3)4/h12-13,25,28,34H,5-11,14-24H2,1-4H3/q+1/b13-12-/t25-/m1/s1. The molecular formula is C26H53NO6P+. The number of rotatable bonds is 24. The van der Waals surface area contributed by atoms with Crippen molar-refractivity contribution in [2.24, 2.45) is 0 Å². The Hall–Kier alpha value is -0.720. The summed E-state index contributed by atoms with van der Waals surface area (Å²) in [5.41, 5.74) is 0. The van der Waals surface area contributed by atoms with Crippen LogP contribution >= 0.6 is 8.25 Å². The van der Waals surface area contributed by atoms with E-state index in [1.165, 1.54) is 57.8 Å². The molecule has 2 atom stereocenters. The number of unbranched alkanes of at least 4 members (excludes halogenated alkanes) is 11. The van der Waals surface area contributed by atoms with Crippen LogP contribution in [0.2, 0.25) is 0 Å². The van der Waals surface area contributed by atoms with Gasteiger partial charge in [-0.05, 0) is 32.1 Å². The zero-order valence-corrected chi connectivity index (χ0v) is 23.4. The first-order chi connectivity index (χ1) is 16.2. The monoisotopic (exact) mass is 506 g/mol. The van der Waals surface area contributed by atoms with Crippen molar-refractivity contribution in [3.63, 3.8) is 0 Å². The van der Waals surface area contributed by atoms with Crippen LogP contribution in [0.3, 0.4) is 0 Å². The highest BCUT2D eigenvalue weighted by molar-refractivity contribution is 7.33. The quantitative estimate of drug-likeness (QED) is 0.0564. The van der Waals surface area contributed by atoms with E-state index in [4.69, 9.17) is 13.8 Å². The molecule has 0 saturated heterocycles. The van der Waals surface area contributed by atoms with Crippen LogP contribution in [-0.2, 0) is 23.1 Å². The van der Waals surface area contributed by atoms with Crippen LogP contribution in [0, 0.1) is 0 Å². The maximum atomic E-state index is 11.8. The van der Waals surface area contributed by atoms with Crippen LogP contribution in [0.1, 0.15) is 96.8 Å². The molecule has 0 aromatic rings. The van der Waals surface area contributed by atoms with Crippen molar-refractivity contribution < 1.29 is 32.7 Å². The number of quaternary nitrogens is 1. The van der Waals surface area contributed by atoms with Gasteiger partial charge in [0.15, 0.2) is 0 Å². The van der Waals surface area contributed by atoms with E-state index in [2.05, 4.69) is 19.1 Å².